The predicted molar refractivity (Wildman–Crippen MR) is 107 cm³/mol. The van der Waals surface area contributed by atoms with Crippen LogP contribution >= 0.6 is 0 Å². The third-order valence-corrected chi connectivity index (χ3v) is 3.98. The van der Waals surface area contributed by atoms with Crippen molar-refractivity contribution in [1.82, 2.24) is 10.3 Å². The molecule has 0 spiro atoms. The van der Waals surface area contributed by atoms with E-state index in [2.05, 4.69) is 27.5 Å². The summed E-state index contributed by atoms with van der Waals surface area (Å²) in [5.74, 6) is 1.33. The van der Waals surface area contributed by atoms with Gasteiger partial charge in [-0.05, 0) is 44.4 Å². The predicted octanol–water partition coefficient (Wildman–Crippen LogP) is 3.41. The van der Waals surface area contributed by atoms with E-state index >= 15 is 0 Å². The number of hydrogen-bond donors (Lipinski definition) is 4. The average Bonchev–Trinajstić information content (AvgIpc) is 2.62. The van der Waals surface area contributed by atoms with Crippen molar-refractivity contribution in [1.29, 1.82) is 5.41 Å². The van der Waals surface area contributed by atoms with E-state index in [9.17, 15) is 0 Å². The van der Waals surface area contributed by atoms with Gasteiger partial charge in [-0.3, -0.25) is 4.99 Å². The highest BCUT2D eigenvalue weighted by molar-refractivity contribution is 6.13. The molecule has 0 unspecified atom stereocenters. The van der Waals surface area contributed by atoms with Crippen LogP contribution in [0.2, 0.25) is 0 Å². The lowest BCUT2D eigenvalue weighted by Crippen LogP contribution is -2.21. The van der Waals surface area contributed by atoms with Crippen LogP contribution in [0.25, 0.3) is 0 Å². The fraction of sp³-hybridized carbons (Fsp3) is 0.421. The van der Waals surface area contributed by atoms with Crippen molar-refractivity contribution in [2.24, 2.45) is 10.7 Å². The summed E-state index contributed by atoms with van der Waals surface area (Å²) in [4.78, 5) is 8.78. The van der Waals surface area contributed by atoms with Crippen LogP contribution in [0.3, 0.4) is 0 Å². The molecule has 0 bridgehead atoms. The van der Waals surface area contributed by atoms with Crippen LogP contribution < -0.4 is 16.4 Å². The van der Waals surface area contributed by atoms with E-state index in [-0.39, 0.29) is 0 Å². The van der Waals surface area contributed by atoms with Crippen molar-refractivity contribution < 1.29 is 0 Å². The molecule has 0 aliphatic heterocycles. The Hall–Kier alpha value is -2.63. The van der Waals surface area contributed by atoms with Gasteiger partial charge in [0.05, 0.1) is 11.5 Å². The van der Waals surface area contributed by atoms with Crippen LogP contribution in [0.5, 0.6) is 0 Å². The minimum atomic E-state index is 0.657. The zero-order valence-electron chi connectivity index (χ0n) is 15.9. The van der Waals surface area contributed by atoms with Gasteiger partial charge < -0.3 is 21.8 Å². The summed E-state index contributed by atoms with van der Waals surface area (Å²) in [5, 5.41) is 13.8. The number of rotatable bonds is 9. The molecule has 25 heavy (non-hydrogen) atoms. The molecule has 1 aromatic heterocycles. The molecule has 0 saturated heterocycles. The van der Waals surface area contributed by atoms with Gasteiger partial charge >= 0.3 is 0 Å². The Kier molecular flexibility index (Phi) is 8.39. The van der Waals surface area contributed by atoms with Gasteiger partial charge in [-0.25, -0.2) is 4.98 Å². The first-order valence-corrected chi connectivity index (χ1v) is 8.54. The minimum Gasteiger partial charge on any atom is -0.386 e. The van der Waals surface area contributed by atoms with E-state index in [4.69, 9.17) is 11.1 Å². The maximum Gasteiger partial charge on any atom is 0.134 e. The molecule has 0 saturated carbocycles. The number of unbranched alkanes of at least 4 members (excludes halogenated alkanes) is 2. The third kappa shape index (κ3) is 5.74. The summed E-state index contributed by atoms with van der Waals surface area (Å²) in [5.41, 5.74) is 10.4. The number of nitrogens with one attached hydrogen (secondary N) is 3. The summed E-state index contributed by atoms with van der Waals surface area (Å²) in [7, 11) is 3.54. The van der Waals surface area contributed by atoms with Gasteiger partial charge in [0.15, 0.2) is 0 Å². The first-order valence-electron chi connectivity index (χ1n) is 8.54. The first-order chi connectivity index (χ1) is 12.0. The van der Waals surface area contributed by atoms with Crippen molar-refractivity contribution in [2.45, 2.75) is 40.0 Å². The van der Waals surface area contributed by atoms with E-state index in [1.54, 1.807) is 20.3 Å². The van der Waals surface area contributed by atoms with Crippen LogP contribution in [-0.4, -0.2) is 31.0 Å². The van der Waals surface area contributed by atoms with Crippen LogP contribution in [0.4, 0.5) is 5.82 Å². The number of hydrogen-bond acceptors (Lipinski definition) is 6. The van der Waals surface area contributed by atoms with Gasteiger partial charge in [0, 0.05) is 43.3 Å². The number of pyridine rings is 1. The molecular formula is C19H30N6. The smallest absolute Gasteiger partial charge is 0.134 e. The van der Waals surface area contributed by atoms with Crippen molar-refractivity contribution in [3.8, 4) is 0 Å². The molecule has 1 aromatic rings. The third-order valence-electron chi connectivity index (χ3n) is 3.98. The van der Waals surface area contributed by atoms with Crippen LogP contribution in [0, 0.1) is 5.41 Å². The van der Waals surface area contributed by atoms with Crippen LogP contribution in [0.1, 0.15) is 51.2 Å². The molecule has 1 heterocycles. The second-order valence-electron chi connectivity index (χ2n) is 5.81. The Bertz CT molecular complexity index is 685. The lowest BCUT2D eigenvalue weighted by atomic mass is 10.0. The van der Waals surface area contributed by atoms with Crippen molar-refractivity contribution in [3.05, 3.63) is 46.6 Å². The lowest BCUT2D eigenvalue weighted by molar-refractivity contribution is 0.799. The highest BCUT2D eigenvalue weighted by atomic mass is 15.0. The topological polar surface area (TPSA) is 99.2 Å². The highest BCUT2D eigenvalue weighted by Gasteiger charge is 2.11. The normalized spacial score (nSPS) is 13.3. The maximum atomic E-state index is 7.55. The Morgan fingerprint density at radius 1 is 1.40 bits per heavy atom. The largest absolute Gasteiger partial charge is 0.386 e. The second kappa shape index (κ2) is 10.3. The van der Waals surface area contributed by atoms with E-state index in [1.165, 1.54) is 6.21 Å². The van der Waals surface area contributed by atoms with Crippen LogP contribution in [0.15, 0.2) is 40.4 Å². The molecule has 1 rings (SSSR count). The summed E-state index contributed by atoms with van der Waals surface area (Å²) >= 11 is 0. The zero-order chi connectivity index (χ0) is 18.8. The molecule has 5 N–H and O–H groups in total. The molecule has 6 nitrogen and oxygen atoms in total. The molecule has 0 aromatic carbocycles. The lowest BCUT2D eigenvalue weighted by Gasteiger charge is -2.14. The van der Waals surface area contributed by atoms with E-state index in [0.29, 0.717) is 11.6 Å². The van der Waals surface area contributed by atoms with E-state index in [1.807, 2.05) is 26.0 Å². The van der Waals surface area contributed by atoms with Gasteiger partial charge in [0.2, 0.25) is 0 Å². The summed E-state index contributed by atoms with van der Waals surface area (Å²) in [6.45, 7) is 6.14. The van der Waals surface area contributed by atoms with Gasteiger partial charge in [-0.15, -0.1) is 0 Å². The zero-order valence-corrected chi connectivity index (χ0v) is 15.9. The number of anilines is 1. The molecule has 0 aliphatic carbocycles. The fourth-order valence-electron chi connectivity index (χ4n) is 2.44. The molecule has 0 atom stereocenters. The number of aliphatic imine (C=N–C) groups is 1. The van der Waals surface area contributed by atoms with Gasteiger partial charge in [0.25, 0.3) is 0 Å². The number of nitrogens with two attached hydrogens (primary N) is 1. The SMILES string of the molecule is CCCC/C=C(\N)N/C(C)=C(C)/C(=N\C)c1cnc(NC)c(C=N)c1. The first kappa shape index (κ1) is 20.4. The molecule has 0 aliphatic rings. The monoisotopic (exact) mass is 342 g/mol. The minimum absolute atomic E-state index is 0.657. The molecule has 0 radical (unpaired) electrons. The van der Waals surface area contributed by atoms with Crippen molar-refractivity contribution >= 4 is 17.7 Å². The number of nitrogens with zero attached hydrogens (tertiary/aromatic N) is 2. The van der Waals surface area contributed by atoms with Gasteiger partial charge in [0.1, 0.15) is 5.82 Å². The number of allylic oxidation sites excluding steroid dienone is 3. The fourth-order valence-corrected chi connectivity index (χ4v) is 2.44. The Morgan fingerprint density at radius 3 is 2.68 bits per heavy atom. The van der Waals surface area contributed by atoms with Crippen molar-refractivity contribution in [3.63, 3.8) is 0 Å². The van der Waals surface area contributed by atoms with Gasteiger partial charge in [-0.1, -0.05) is 13.3 Å². The summed E-state index contributed by atoms with van der Waals surface area (Å²) in [6, 6.07) is 1.91. The Labute approximate surface area is 150 Å². The van der Waals surface area contributed by atoms with Crippen LogP contribution in [-0.2, 0) is 0 Å². The van der Waals surface area contributed by atoms with E-state index in [0.717, 1.165) is 47.4 Å². The van der Waals surface area contributed by atoms with Crippen molar-refractivity contribution in [2.75, 3.05) is 19.4 Å². The molecule has 136 valence electrons. The Balaban J connectivity index is 3.09. The molecular weight excluding hydrogens is 312 g/mol. The molecule has 0 fully saturated rings. The quantitative estimate of drug-likeness (QED) is 0.408. The Morgan fingerprint density at radius 2 is 2.12 bits per heavy atom. The standard InChI is InChI=1S/C19H30N6/c1-6-7-8-9-17(21)25-14(3)13(2)18(22-4)16-10-15(11-20)19(23-5)24-12-16/h9-12,20,25H,6-8,21H2,1-5H3,(H,23,24)/b14-13+,17-9+,20-11?,22-18+. The van der Waals surface area contributed by atoms with E-state index < -0.39 is 0 Å². The highest BCUT2D eigenvalue weighted by Crippen LogP contribution is 2.17. The average molecular weight is 342 g/mol. The summed E-state index contributed by atoms with van der Waals surface area (Å²) in [6.07, 6.45) is 8.30. The number of aromatic nitrogens is 1. The molecule has 6 heteroatoms. The maximum absolute atomic E-state index is 7.55. The summed E-state index contributed by atoms with van der Waals surface area (Å²) < 4.78 is 0. The van der Waals surface area contributed by atoms with Gasteiger partial charge in [-0.2, -0.15) is 0 Å². The second-order valence-corrected chi connectivity index (χ2v) is 5.81. The molecule has 0 amide bonds.